The molecule has 0 unspecified atom stereocenters. The minimum atomic E-state index is -5.94. The standard InChI is InChI=1S/C21H13Cl3F5N9O2/c1-30-17(39)11-5-9(22)6-13(24)15(11)32-18(40)14-7-10(34-38(14)16-12(23)3-2-4-31-16)8-37-35-19(33-36-37)20(25,26)21(27,28)29/h2-7H,8H2,1H3,(H,30,39)(H,32,40). The predicted octanol–water partition coefficient (Wildman–Crippen LogP) is 4.53. The molecule has 0 spiro atoms. The van der Waals surface area contributed by atoms with E-state index in [1.807, 2.05) is 0 Å². The van der Waals surface area contributed by atoms with E-state index in [-0.39, 0.29) is 43.5 Å². The van der Waals surface area contributed by atoms with Crippen molar-refractivity contribution in [3.8, 4) is 5.82 Å². The fourth-order valence-corrected chi connectivity index (χ4v) is 4.01. The van der Waals surface area contributed by atoms with Gasteiger partial charge >= 0.3 is 12.1 Å². The van der Waals surface area contributed by atoms with Gasteiger partial charge < -0.3 is 10.6 Å². The highest BCUT2D eigenvalue weighted by Crippen LogP contribution is 2.42. The molecule has 4 rings (SSSR count). The van der Waals surface area contributed by atoms with Crippen molar-refractivity contribution >= 4 is 52.3 Å². The molecule has 0 aliphatic heterocycles. The summed E-state index contributed by atoms with van der Waals surface area (Å²) in [5, 5.41) is 18.3. The summed E-state index contributed by atoms with van der Waals surface area (Å²) in [5.74, 6) is -8.76. The summed E-state index contributed by atoms with van der Waals surface area (Å²) in [7, 11) is 1.35. The Morgan fingerprint density at radius 3 is 2.38 bits per heavy atom. The van der Waals surface area contributed by atoms with Crippen LogP contribution in [0, 0.1) is 0 Å². The third-order valence-electron chi connectivity index (χ3n) is 5.09. The molecule has 2 N–H and O–H groups in total. The lowest BCUT2D eigenvalue weighted by molar-refractivity contribution is -0.292. The molecule has 0 saturated carbocycles. The quantitative estimate of drug-likeness (QED) is 0.289. The number of anilines is 1. The molecule has 0 aliphatic rings. The summed E-state index contributed by atoms with van der Waals surface area (Å²) < 4.78 is 66.2. The number of rotatable bonds is 7. The van der Waals surface area contributed by atoms with Crippen molar-refractivity contribution in [3.63, 3.8) is 0 Å². The van der Waals surface area contributed by atoms with E-state index in [9.17, 15) is 31.5 Å². The number of alkyl halides is 5. The smallest absolute Gasteiger partial charge is 0.355 e. The maximum Gasteiger partial charge on any atom is 0.461 e. The SMILES string of the molecule is CNC(=O)c1cc(Cl)cc(Cl)c1NC(=O)c1cc(Cn2nnc(C(F)(F)C(F)(F)F)n2)nn1-c1ncccc1Cl. The van der Waals surface area contributed by atoms with E-state index in [1.165, 1.54) is 37.5 Å². The summed E-state index contributed by atoms with van der Waals surface area (Å²) >= 11 is 18.4. The molecule has 0 atom stereocenters. The number of tetrazole rings is 1. The lowest BCUT2D eigenvalue weighted by Gasteiger charge is -2.14. The molecule has 40 heavy (non-hydrogen) atoms. The van der Waals surface area contributed by atoms with E-state index in [0.29, 0.717) is 4.80 Å². The summed E-state index contributed by atoms with van der Waals surface area (Å²) in [6, 6.07) is 6.64. The minimum Gasteiger partial charge on any atom is -0.355 e. The molecule has 0 saturated heterocycles. The molecule has 2 amide bonds. The zero-order valence-corrected chi connectivity index (χ0v) is 21.9. The van der Waals surface area contributed by atoms with Crippen LogP contribution in [0.3, 0.4) is 0 Å². The molecule has 0 radical (unpaired) electrons. The lowest BCUT2D eigenvalue weighted by atomic mass is 10.1. The molecule has 4 aromatic rings. The molecule has 19 heteroatoms. The summed E-state index contributed by atoms with van der Waals surface area (Å²) in [6.45, 7) is -0.580. The van der Waals surface area contributed by atoms with Crippen LogP contribution in [0.2, 0.25) is 15.1 Å². The van der Waals surface area contributed by atoms with Crippen molar-refractivity contribution in [1.82, 2.24) is 40.3 Å². The Bertz CT molecular complexity index is 1610. The van der Waals surface area contributed by atoms with E-state index in [0.717, 1.165) is 10.7 Å². The van der Waals surface area contributed by atoms with Crippen molar-refractivity contribution in [2.75, 3.05) is 12.4 Å². The Morgan fingerprint density at radius 2 is 1.73 bits per heavy atom. The Hall–Kier alpha value is -3.89. The van der Waals surface area contributed by atoms with Crippen LogP contribution in [0.15, 0.2) is 36.5 Å². The van der Waals surface area contributed by atoms with Crippen LogP contribution in [0.4, 0.5) is 27.6 Å². The van der Waals surface area contributed by atoms with Crippen LogP contribution in [0.25, 0.3) is 5.82 Å². The molecule has 11 nitrogen and oxygen atoms in total. The molecule has 210 valence electrons. The number of benzene rings is 1. The summed E-state index contributed by atoms with van der Waals surface area (Å²) in [4.78, 5) is 30.3. The van der Waals surface area contributed by atoms with Gasteiger partial charge in [-0.3, -0.25) is 9.59 Å². The third-order valence-corrected chi connectivity index (χ3v) is 5.90. The highest BCUT2D eigenvalue weighted by molar-refractivity contribution is 6.38. The van der Waals surface area contributed by atoms with Gasteiger partial charge in [0.1, 0.15) is 12.2 Å². The third kappa shape index (κ3) is 5.68. The largest absolute Gasteiger partial charge is 0.461 e. The maximum atomic E-state index is 13.6. The number of amides is 2. The van der Waals surface area contributed by atoms with Gasteiger partial charge in [0, 0.05) is 18.3 Å². The number of carbonyl (C=O) groups excluding carboxylic acids is 2. The zero-order valence-electron chi connectivity index (χ0n) is 19.6. The number of pyridine rings is 1. The first-order valence-corrected chi connectivity index (χ1v) is 11.8. The normalized spacial score (nSPS) is 11.9. The number of halogens is 8. The van der Waals surface area contributed by atoms with E-state index < -0.39 is 36.3 Å². The van der Waals surface area contributed by atoms with E-state index >= 15 is 0 Å². The molecule has 0 fully saturated rings. The number of nitrogens with zero attached hydrogens (tertiary/aromatic N) is 7. The van der Waals surface area contributed by atoms with Crippen molar-refractivity contribution in [3.05, 3.63) is 74.4 Å². The average Bonchev–Trinajstić information content (AvgIpc) is 3.52. The van der Waals surface area contributed by atoms with Crippen molar-refractivity contribution in [2.24, 2.45) is 0 Å². The van der Waals surface area contributed by atoms with E-state index in [1.54, 1.807) is 0 Å². The second kappa shape index (κ2) is 10.9. The molecule has 0 bridgehead atoms. The van der Waals surface area contributed by atoms with E-state index in [4.69, 9.17) is 34.8 Å². The van der Waals surface area contributed by atoms with Crippen LogP contribution >= 0.6 is 34.8 Å². The number of carbonyl (C=O) groups is 2. The first-order chi connectivity index (χ1) is 18.7. The average molecular weight is 625 g/mol. The number of nitrogens with one attached hydrogen (secondary N) is 2. The second-order valence-electron chi connectivity index (χ2n) is 7.80. The summed E-state index contributed by atoms with van der Waals surface area (Å²) in [5.41, 5.74) is -0.500. The molecule has 0 aliphatic carbocycles. The van der Waals surface area contributed by atoms with Crippen molar-refractivity contribution < 1.29 is 31.5 Å². The Kier molecular flexibility index (Phi) is 7.96. The predicted molar refractivity (Wildman–Crippen MR) is 131 cm³/mol. The summed E-state index contributed by atoms with van der Waals surface area (Å²) in [6.07, 6.45) is -4.60. The Labute approximate surface area is 235 Å². The molecule has 1 aromatic carbocycles. The zero-order chi connectivity index (χ0) is 29.4. The van der Waals surface area contributed by atoms with Crippen LogP contribution in [0.5, 0.6) is 0 Å². The van der Waals surface area contributed by atoms with Gasteiger partial charge in [0.15, 0.2) is 5.82 Å². The second-order valence-corrected chi connectivity index (χ2v) is 9.05. The van der Waals surface area contributed by atoms with Gasteiger partial charge in [0.25, 0.3) is 17.6 Å². The Balaban J connectivity index is 1.74. The van der Waals surface area contributed by atoms with E-state index in [2.05, 4.69) is 36.1 Å². The van der Waals surface area contributed by atoms with Gasteiger partial charge in [0.05, 0.1) is 27.0 Å². The fraction of sp³-hybridized carbons (Fsp3) is 0.190. The molecule has 3 aromatic heterocycles. The highest BCUT2D eigenvalue weighted by Gasteiger charge is 2.62. The number of hydrogen-bond donors (Lipinski definition) is 2. The van der Waals surface area contributed by atoms with Gasteiger partial charge in [-0.25, -0.2) is 9.67 Å². The van der Waals surface area contributed by atoms with Crippen LogP contribution in [0.1, 0.15) is 32.4 Å². The van der Waals surface area contributed by atoms with Crippen molar-refractivity contribution in [2.45, 2.75) is 18.6 Å². The van der Waals surface area contributed by atoms with Crippen LogP contribution < -0.4 is 10.6 Å². The van der Waals surface area contributed by atoms with Gasteiger partial charge in [-0.15, -0.1) is 10.2 Å². The maximum absolute atomic E-state index is 13.6. The highest BCUT2D eigenvalue weighted by atomic mass is 35.5. The monoisotopic (exact) mass is 623 g/mol. The minimum absolute atomic E-state index is 0.0369. The fourth-order valence-electron chi connectivity index (χ4n) is 3.26. The van der Waals surface area contributed by atoms with Gasteiger partial charge in [-0.2, -0.15) is 31.8 Å². The van der Waals surface area contributed by atoms with Crippen LogP contribution in [-0.2, 0) is 12.5 Å². The molecular weight excluding hydrogens is 612 g/mol. The number of hydrogen-bond acceptors (Lipinski definition) is 7. The molecular formula is C21H13Cl3F5N9O2. The van der Waals surface area contributed by atoms with Crippen molar-refractivity contribution in [1.29, 1.82) is 0 Å². The van der Waals surface area contributed by atoms with Gasteiger partial charge in [-0.05, 0) is 35.5 Å². The first-order valence-electron chi connectivity index (χ1n) is 10.7. The van der Waals surface area contributed by atoms with Gasteiger partial charge in [0.2, 0.25) is 0 Å². The van der Waals surface area contributed by atoms with Crippen LogP contribution in [-0.4, -0.2) is 60.0 Å². The molecule has 3 heterocycles. The topological polar surface area (TPSA) is 133 Å². The van der Waals surface area contributed by atoms with Gasteiger partial charge in [-0.1, -0.05) is 34.8 Å². The Morgan fingerprint density at radius 1 is 1.00 bits per heavy atom. The first kappa shape index (κ1) is 29.1. The lowest BCUT2D eigenvalue weighted by Crippen LogP contribution is -2.35. The number of aromatic nitrogens is 7.